The quantitative estimate of drug-likeness (QED) is 0.611. The molecule has 1 N–H and O–H groups in total. The second-order valence-electron chi connectivity index (χ2n) is 5.87. The van der Waals surface area contributed by atoms with Crippen molar-refractivity contribution >= 4 is 11.6 Å². The normalized spacial score (nSPS) is 10.6. The molecule has 2 aromatic carbocycles. The Hall–Kier alpha value is -3.19. The Labute approximate surface area is 157 Å². The van der Waals surface area contributed by atoms with Gasteiger partial charge in [0, 0.05) is 31.3 Å². The first-order chi connectivity index (χ1) is 13.2. The van der Waals surface area contributed by atoms with E-state index in [1.165, 1.54) is 0 Å². The first kappa shape index (κ1) is 18.6. The standard InChI is InChI=1S/C20H21N3O4/c1-14-21-20(27-23-14)16-10-8-15(9-11-16)19(24)22-17-6-3-4-7-18(17)26-13-5-12-25-2/h3-4,6-11H,5,12-13H2,1-2H3,(H,22,24). The number of para-hydroxylation sites is 2. The molecule has 1 amide bonds. The van der Waals surface area contributed by atoms with Crippen molar-refractivity contribution in [3.63, 3.8) is 0 Å². The number of hydrogen-bond acceptors (Lipinski definition) is 6. The molecular formula is C20H21N3O4. The summed E-state index contributed by atoms with van der Waals surface area (Å²) in [6.07, 6.45) is 0.773. The van der Waals surface area contributed by atoms with Crippen molar-refractivity contribution in [1.82, 2.24) is 10.1 Å². The van der Waals surface area contributed by atoms with Gasteiger partial charge in [-0.2, -0.15) is 4.98 Å². The SMILES string of the molecule is COCCCOc1ccccc1NC(=O)c1ccc(-c2nc(C)no2)cc1. The lowest BCUT2D eigenvalue weighted by atomic mass is 10.1. The van der Waals surface area contributed by atoms with Crippen LogP contribution in [0.25, 0.3) is 11.5 Å². The van der Waals surface area contributed by atoms with Crippen LogP contribution >= 0.6 is 0 Å². The monoisotopic (exact) mass is 367 g/mol. The zero-order chi connectivity index (χ0) is 19.1. The lowest BCUT2D eigenvalue weighted by Crippen LogP contribution is -2.13. The van der Waals surface area contributed by atoms with Crippen LogP contribution in [0.3, 0.4) is 0 Å². The van der Waals surface area contributed by atoms with Crippen LogP contribution < -0.4 is 10.1 Å². The van der Waals surface area contributed by atoms with Crippen LogP contribution in [0.1, 0.15) is 22.6 Å². The minimum Gasteiger partial charge on any atom is -0.491 e. The molecule has 1 aromatic heterocycles. The smallest absolute Gasteiger partial charge is 0.257 e. The topological polar surface area (TPSA) is 86.5 Å². The summed E-state index contributed by atoms with van der Waals surface area (Å²) < 4.78 is 15.9. The summed E-state index contributed by atoms with van der Waals surface area (Å²) in [6.45, 7) is 2.89. The molecule has 7 nitrogen and oxygen atoms in total. The maximum atomic E-state index is 12.6. The molecule has 0 aliphatic heterocycles. The molecule has 0 atom stereocenters. The number of aryl methyl sites for hydroxylation is 1. The van der Waals surface area contributed by atoms with E-state index in [0.717, 1.165) is 12.0 Å². The Morgan fingerprint density at radius 2 is 1.89 bits per heavy atom. The minimum absolute atomic E-state index is 0.226. The van der Waals surface area contributed by atoms with Crippen LogP contribution in [0.5, 0.6) is 5.75 Å². The predicted octanol–water partition coefficient (Wildman–Crippen LogP) is 3.71. The average molecular weight is 367 g/mol. The van der Waals surface area contributed by atoms with Gasteiger partial charge in [0.2, 0.25) is 0 Å². The van der Waals surface area contributed by atoms with Gasteiger partial charge in [-0.05, 0) is 43.3 Å². The second kappa shape index (κ2) is 8.95. The molecule has 0 saturated carbocycles. The molecule has 140 valence electrons. The molecule has 0 aliphatic rings. The van der Waals surface area contributed by atoms with E-state index in [1.807, 2.05) is 18.2 Å². The molecule has 3 rings (SSSR count). The van der Waals surface area contributed by atoms with E-state index in [9.17, 15) is 4.79 Å². The van der Waals surface area contributed by atoms with Gasteiger partial charge in [0.15, 0.2) is 5.82 Å². The molecule has 0 bridgehead atoms. The summed E-state index contributed by atoms with van der Waals surface area (Å²) in [5.74, 6) is 1.39. The first-order valence-corrected chi connectivity index (χ1v) is 8.60. The van der Waals surface area contributed by atoms with Crippen LogP contribution in [0.4, 0.5) is 5.69 Å². The number of aromatic nitrogens is 2. The highest BCUT2D eigenvalue weighted by molar-refractivity contribution is 6.05. The summed E-state index contributed by atoms with van der Waals surface area (Å²) >= 11 is 0. The number of benzene rings is 2. The van der Waals surface area contributed by atoms with Gasteiger partial charge >= 0.3 is 0 Å². The largest absolute Gasteiger partial charge is 0.491 e. The van der Waals surface area contributed by atoms with Crippen LogP contribution in [0, 0.1) is 6.92 Å². The molecule has 7 heteroatoms. The summed E-state index contributed by atoms with van der Waals surface area (Å²) in [5.41, 5.74) is 1.90. The molecule has 27 heavy (non-hydrogen) atoms. The third-order valence-electron chi connectivity index (χ3n) is 3.81. The van der Waals surface area contributed by atoms with Crippen molar-refractivity contribution in [2.45, 2.75) is 13.3 Å². The molecule has 0 radical (unpaired) electrons. The van der Waals surface area contributed by atoms with Gasteiger partial charge in [-0.25, -0.2) is 0 Å². The Kier molecular flexibility index (Phi) is 6.17. The summed E-state index contributed by atoms with van der Waals surface area (Å²) in [5, 5.41) is 6.65. The van der Waals surface area contributed by atoms with E-state index in [0.29, 0.717) is 41.9 Å². The Morgan fingerprint density at radius 1 is 1.11 bits per heavy atom. The molecule has 0 unspecified atom stereocenters. The Balaban J connectivity index is 1.66. The van der Waals surface area contributed by atoms with Gasteiger partial charge in [-0.15, -0.1) is 0 Å². The fourth-order valence-corrected chi connectivity index (χ4v) is 2.45. The molecule has 0 spiro atoms. The van der Waals surface area contributed by atoms with Gasteiger partial charge < -0.3 is 19.3 Å². The van der Waals surface area contributed by atoms with Crippen molar-refractivity contribution in [2.75, 3.05) is 25.6 Å². The number of rotatable bonds is 8. The van der Waals surface area contributed by atoms with E-state index in [1.54, 1.807) is 44.4 Å². The van der Waals surface area contributed by atoms with Crippen molar-refractivity contribution in [2.24, 2.45) is 0 Å². The number of anilines is 1. The molecule has 1 heterocycles. The summed E-state index contributed by atoms with van der Waals surface area (Å²) in [7, 11) is 1.65. The number of hydrogen-bond donors (Lipinski definition) is 1. The number of methoxy groups -OCH3 is 1. The van der Waals surface area contributed by atoms with Crippen molar-refractivity contribution < 1.29 is 18.8 Å². The predicted molar refractivity (Wildman–Crippen MR) is 101 cm³/mol. The summed E-state index contributed by atoms with van der Waals surface area (Å²) in [4.78, 5) is 16.7. The number of carbonyl (C=O) groups excluding carboxylic acids is 1. The highest BCUT2D eigenvalue weighted by Crippen LogP contribution is 2.25. The lowest BCUT2D eigenvalue weighted by molar-refractivity contribution is 0.102. The van der Waals surface area contributed by atoms with E-state index < -0.39 is 0 Å². The van der Waals surface area contributed by atoms with Crippen LogP contribution in [-0.4, -0.2) is 36.4 Å². The van der Waals surface area contributed by atoms with Crippen molar-refractivity contribution in [1.29, 1.82) is 0 Å². The Morgan fingerprint density at radius 3 is 2.59 bits per heavy atom. The van der Waals surface area contributed by atoms with E-state index >= 15 is 0 Å². The number of amides is 1. The van der Waals surface area contributed by atoms with Gasteiger partial charge in [0.25, 0.3) is 11.8 Å². The van der Waals surface area contributed by atoms with Crippen LogP contribution in [0.15, 0.2) is 53.1 Å². The maximum Gasteiger partial charge on any atom is 0.257 e. The fourth-order valence-electron chi connectivity index (χ4n) is 2.45. The fraction of sp³-hybridized carbons (Fsp3) is 0.250. The minimum atomic E-state index is -0.226. The first-order valence-electron chi connectivity index (χ1n) is 8.60. The van der Waals surface area contributed by atoms with E-state index in [2.05, 4.69) is 15.5 Å². The third-order valence-corrected chi connectivity index (χ3v) is 3.81. The molecule has 0 aliphatic carbocycles. The molecule has 3 aromatic rings. The number of nitrogens with one attached hydrogen (secondary N) is 1. The average Bonchev–Trinajstić information content (AvgIpc) is 3.13. The summed E-state index contributed by atoms with van der Waals surface area (Å²) in [6, 6.07) is 14.3. The van der Waals surface area contributed by atoms with Crippen molar-refractivity contribution in [3.8, 4) is 17.2 Å². The van der Waals surface area contributed by atoms with Gasteiger partial charge in [0.1, 0.15) is 5.75 Å². The maximum absolute atomic E-state index is 12.6. The zero-order valence-corrected chi connectivity index (χ0v) is 15.3. The van der Waals surface area contributed by atoms with Gasteiger partial charge in [0.05, 0.1) is 12.3 Å². The van der Waals surface area contributed by atoms with Gasteiger partial charge in [-0.1, -0.05) is 17.3 Å². The molecule has 0 saturated heterocycles. The third kappa shape index (κ3) is 4.92. The van der Waals surface area contributed by atoms with Crippen molar-refractivity contribution in [3.05, 3.63) is 59.9 Å². The zero-order valence-electron chi connectivity index (χ0n) is 15.3. The molecular weight excluding hydrogens is 346 g/mol. The van der Waals surface area contributed by atoms with E-state index in [-0.39, 0.29) is 5.91 Å². The second-order valence-corrected chi connectivity index (χ2v) is 5.87. The lowest BCUT2D eigenvalue weighted by Gasteiger charge is -2.12. The van der Waals surface area contributed by atoms with Gasteiger partial charge in [-0.3, -0.25) is 4.79 Å². The number of ether oxygens (including phenoxy) is 2. The number of carbonyl (C=O) groups is 1. The highest BCUT2D eigenvalue weighted by atomic mass is 16.5. The Bertz CT molecular complexity index is 890. The van der Waals surface area contributed by atoms with Crippen LogP contribution in [-0.2, 0) is 4.74 Å². The number of nitrogens with zero attached hydrogens (tertiary/aromatic N) is 2. The molecule has 0 fully saturated rings. The van der Waals surface area contributed by atoms with E-state index in [4.69, 9.17) is 14.0 Å². The highest BCUT2D eigenvalue weighted by Gasteiger charge is 2.12. The van der Waals surface area contributed by atoms with Crippen LogP contribution in [0.2, 0.25) is 0 Å².